The van der Waals surface area contributed by atoms with E-state index >= 15 is 0 Å². The van der Waals surface area contributed by atoms with Gasteiger partial charge in [-0.3, -0.25) is 28.9 Å². The topological polar surface area (TPSA) is 102 Å². The van der Waals surface area contributed by atoms with Crippen LogP contribution in [0.3, 0.4) is 0 Å². The first-order chi connectivity index (χ1) is 10.6. The highest BCUT2D eigenvalue weighted by molar-refractivity contribution is 6.06. The number of hydrogen-bond acceptors (Lipinski definition) is 8. The fourth-order valence-corrected chi connectivity index (χ4v) is 1.56. The van der Waals surface area contributed by atoms with Crippen LogP contribution >= 0.6 is 0 Å². The van der Waals surface area contributed by atoms with Gasteiger partial charge in [0, 0.05) is 0 Å². The first kappa shape index (κ1) is 18.0. The number of rotatable bonds is 8. The van der Waals surface area contributed by atoms with Crippen LogP contribution in [0.5, 0.6) is 0 Å². The van der Waals surface area contributed by atoms with Gasteiger partial charge in [0.05, 0.1) is 39.6 Å². The molecule has 2 amide bonds. The second kappa shape index (κ2) is 9.04. The molecule has 10 nitrogen and oxygen atoms in total. The van der Waals surface area contributed by atoms with E-state index in [2.05, 4.69) is 20.9 Å². The van der Waals surface area contributed by atoms with Gasteiger partial charge in [-0.15, -0.1) is 10.3 Å². The predicted molar refractivity (Wildman–Crippen MR) is 73.1 cm³/mol. The van der Waals surface area contributed by atoms with Gasteiger partial charge in [-0.1, -0.05) is 23.3 Å². The molecule has 1 aromatic rings. The number of carbonyl (C=O) groups excluding carboxylic acids is 2. The van der Waals surface area contributed by atoms with Gasteiger partial charge >= 0.3 is 0 Å². The Hall–Kier alpha value is -2.08. The van der Waals surface area contributed by atoms with Crippen LogP contribution in [0.2, 0.25) is 0 Å². The lowest BCUT2D eigenvalue weighted by molar-refractivity contribution is -0.213. The van der Waals surface area contributed by atoms with E-state index in [9.17, 15) is 9.59 Å². The van der Waals surface area contributed by atoms with Gasteiger partial charge in [0.15, 0.2) is 0 Å². The number of hydroxylamine groups is 2. The van der Waals surface area contributed by atoms with Gasteiger partial charge in [-0.05, 0) is 12.1 Å². The van der Waals surface area contributed by atoms with Crippen molar-refractivity contribution in [3.05, 3.63) is 35.4 Å². The molecule has 122 valence electrons. The number of nitrogens with zero attached hydrogens (tertiary/aromatic N) is 2. The summed E-state index contributed by atoms with van der Waals surface area (Å²) in [5.74, 6) is -1.27. The van der Waals surface area contributed by atoms with E-state index in [0.29, 0.717) is 0 Å². The molecule has 0 radical (unpaired) electrons. The minimum atomic E-state index is -0.637. The van der Waals surface area contributed by atoms with Crippen molar-refractivity contribution in [2.45, 2.75) is 0 Å². The van der Waals surface area contributed by atoms with E-state index in [0.717, 1.165) is 10.3 Å². The number of benzene rings is 1. The number of carbonyl (C=O) groups is 2. The SMILES string of the molecule is CONN(OC)C(=O)c1ccccc1C(=O)N(NOC)OC. The molecule has 1 aromatic carbocycles. The number of hydrazine groups is 2. The van der Waals surface area contributed by atoms with E-state index in [4.69, 9.17) is 9.68 Å². The lowest BCUT2D eigenvalue weighted by Crippen LogP contribution is -2.44. The predicted octanol–water partition coefficient (Wildman–Crippen LogP) is -0.174. The monoisotopic (exact) mass is 314 g/mol. The molecule has 1 rings (SSSR count). The minimum absolute atomic E-state index is 0.0684. The normalized spacial score (nSPS) is 10.4. The lowest BCUT2D eigenvalue weighted by atomic mass is 10.1. The molecule has 0 aliphatic rings. The van der Waals surface area contributed by atoms with Crippen molar-refractivity contribution >= 4 is 11.8 Å². The Morgan fingerprint density at radius 1 is 0.818 bits per heavy atom. The average molecular weight is 314 g/mol. The van der Waals surface area contributed by atoms with Gasteiger partial charge in [-0.2, -0.15) is 0 Å². The Morgan fingerprint density at radius 2 is 1.18 bits per heavy atom. The van der Waals surface area contributed by atoms with Crippen LogP contribution in [0.25, 0.3) is 0 Å². The Balaban J connectivity index is 3.12. The zero-order valence-electron chi connectivity index (χ0n) is 12.7. The van der Waals surface area contributed by atoms with Gasteiger partial charge in [0.1, 0.15) is 0 Å². The highest BCUT2D eigenvalue weighted by Crippen LogP contribution is 2.13. The van der Waals surface area contributed by atoms with Crippen molar-refractivity contribution < 1.29 is 28.9 Å². The molecule has 0 saturated heterocycles. The van der Waals surface area contributed by atoms with Gasteiger partial charge in [-0.25, -0.2) is 0 Å². The van der Waals surface area contributed by atoms with E-state index in [-0.39, 0.29) is 11.1 Å². The fraction of sp³-hybridized carbons (Fsp3) is 0.333. The highest BCUT2D eigenvalue weighted by Gasteiger charge is 2.25. The molecule has 2 N–H and O–H groups in total. The van der Waals surface area contributed by atoms with Crippen molar-refractivity contribution in [1.82, 2.24) is 21.5 Å². The maximum absolute atomic E-state index is 12.4. The Bertz CT molecular complexity index is 467. The molecule has 22 heavy (non-hydrogen) atoms. The van der Waals surface area contributed by atoms with Crippen LogP contribution in [0.1, 0.15) is 20.7 Å². The number of hydrogen-bond donors (Lipinski definition) is 2. The first-order valence-electron chi connectivity index (χ1n) is 6.04. The summed E-state index contributed by atoms with van der Waals surface area (Å²) >= 11 is 0. The molecule has 0 aliphatic heterocycles. The van der Waals surface area contributed by atoms with Crippen LogP contribution in [-0.2, 0) is 19.4 Å². The molecule has 0 aromatic heterocycles. The average Bonchev–Trinajstić information content (AvgIpc) is 2.56. The Morgan fingerprint density at radius 3 is 1.45 bits per heavy atom. The summed E-state index contributed by atoms with van der Waals surface area (Å²) in [7, 11) is 5.15. The number of nitrogens with one attached hydrogen (secondary N) is 2. The minimum Gasteiger partial charge on any atom is -0.283 e. The molecule has 0 saturated carbocycles. The van der Waals surface area contributed by atoms with Crippen molar-refractivity contribution in [1.29, 1.82) is 0 Å². The van der Waals surface area contributed by atoms with Crippen LogP contribution in [0.4, 0.5) is 0 Å². The molecule has 0 heterocycles. The maximum atomic E-state index is 12.4. The maximum Gasteiger partial charge on any atom is 0.295 e. The third-order valence-electron chi connectivity index (χ3n) is 2.47. The second-order valence-corrected chi connectivity index (χ2v) is 3.70. The van der Waals surface area contributed by atoms with Gasteiger partial charge < -0.3 is 0 Å². The van der Waals surface area contributed by atoms with Crippen LogP contribution < -0.4 is 11.2 Å². The largest absolute Gasteiger partial charge is 0.295 e. The van der Waals surface area contributed by atoms with E-state index in [1.807, 2.05) is 0 Å². The van der Waals surface area contributed by atoms with Crippen LogP contribution in [-0.4, -0.2) is 50.6 Å². The Labute approximate surface area is 127 Å². The van der Waals surface area contributed by atoms with Crippen molar-refractivity contribution in [3.63, 3.8) is 0 Å². The molecule has 10 heteroatoms. The Kier molecular flexibility index (Phi) is 7.39. The molecule has 0 aliphatic carbocycles. The zero-order chi connectivity index (χ0) is 16.5. The lowest BCUT2D eigenvalue weighted by Gasteiger charge is -2.22. The summed E-state index contributed by atoms with van der Waals surface area (Å²) in [6.45, 7) is 0. The summed E-state index contributed by atoms with van der Waals surface area (Å²) in [6.07, 6.45) is 0. The first-order valence-corrected chi connectivity index (χ1v) is 6.04. The summed E-state index contributed by atoms with van der Waals surface area (Å²) in [5, 5.41) is 1.46. The van der Waals surface area contributed by atoms with E-state index in [1.165, 1.54) is 40.6 Å². The molecule has 0 bridgehead atoms. The van der Waals surface area contributed by atoms with E-state index in [1.54, 1.807) is 12.1 Å². The summed E-state index contributed by atoms with van der Waals surface area (Å²) in [5.41, 5.74) is 4.60. The van der Waals surface area contributed by atoms with Crippen LogP contribution in [0, 0.1) is 0 Å². The van der Waals surface area contributed by atoms with Crippen molar-refractivity contribution in [3.8, 4) is 0 Å². The third kappa shape index (κ3) is 4.21. The van der Waals surface area contributed by atoms with Gasteiger partial charge in [0.25, 0.3) is 11.8 Å². The molecular formula is C12H18N4O6. The third-order valence-corrected chi connectivity index (χ3v) is 2.47. The second-order valence-electron chi connectivity index (χ2n) is 3.70. The molecule has 0 spiro atoms. The summed E-state index contributed by atoms with van der Waals surface area (Å²) < 4.78 is 0. The molecule has 0 fully saturated rings. The van der Waals surface area contributed by atoms with Crippen molar-refractivity contribution in [2.24, 2.45) is 0 Å². The molecular weight excluding hydrogens is 296 g/mol. The highest BCUT2D eigenvalue weighted by atomic mass is 16.8. The summed E-state index contributed by atoms with van der Waals surface area (Å²) in [4.78, 5) is 43.6. The van der Waals surface area contributed by atoms with Crippen molar-refractivity contribution in [2.75, 3.05) is 28.4 Å². The standard InChI is InChI=1S/C12H18N4O6/c1-19-13-15(21-3)11(17)9-7-5-6-8-10(9)12(18)16(22-4)14-20-2/h5-8,13-14H,1-4H3. The summed E-state index contributed by atoms with van der Waals surface area (Å²) in [6, 6.07) is 6.12. The smallest absolute Gasteiger partial charge is 0.283 e. The zero-order valence-corrected chi connectivity index (χ0v) is 12.7. The van der Waals surface area contributed by atoms with Crippen LogP contribution in [0.15, 0.2) is 24.3 Å². The van der Waals surface area contributed by atoms with Gasteiger partial charge in [0.2, 0.25) is 0 Å². The number of amides is 2. The quantitative estimate of drug-likeness (QED) is 0.638. The molecule has 0 atom stereocenters. The fourth-order valence-electron chi connectivity index (χ4n) is 1.56. The van der Waals surface area contributed by atoms with E-state index < -0.39 is 11.8 Å². The molecule has 0 unspecified atom stereocenters.